The van der Waals surface area contributed by atoms with Gasteiger partial charge in [0, 0.05) is 19.5 Å². The molecule has 2 aliphatic rings. The van der Waals surface area contributed by atoms with Crippen LogP contribution in [0.25, 0.3) is 0 Å². The van der Waals surface area contributed by atoms with Gasteiger partial charge in [0.05, 0.1) is 43.2 Å². The molecule has 4 N–H and O–H groups in total. The second kappa shape index (κ2) is 9.74. The SMILES string of the molecule is NCCOCCOCCNc1cc2c(cc1F)C(=O)N(C1CCC(=O)NC1=O)C2=O. The summed E-state index contributed by atoms with van der Waals surface area (Å²) in [5.74, 6) is -3.33. The summed E-state index contributed by atoms with van der Waals surface area (Å²) in [7, 11) is 0. The van der Waals surface area contributed by atoms with Crippen LogP contribution in [0.15, 0.2) is 12.1 Å². The molecule has 3 rings (SSSR count). The predicted molar refractivity (Wildman–Crippen MR) is 102 cm³/mol. The third-order valence-corrected chi connectivity index (χ3v) is 4.72. The maximum atomic E-state index is 14.4. The van der Waals surface area contributed by atoms with Crippen molar-refractivity contribution in [3.05, 3.63) is 29.1 Å². The quantitative estimate of drug-likeness (QED) is 0.343. The Hall–Kier alpha value is -2.89. The van der Waals surface area contributed by atoms with Crippen molar-refractivity contribution in [3.63, 3.8) is 0 Å². The van der Waals surface area contributed by atoms with Crippen LogP contribution in [-0.4, -0.2) is 74.1 Å². The summed E-state index contributed by atoms with van der Waals surface area (Å²) >= 11 is 0. The summed E-state index contributed by atoms with van der Waals surface area (Å²) in [5.41, 5.74) is 5.24. The molecule has 1 atom stereocenters. The highest BCUT2D eigenvalue weighted by molar-refractivity contribution is 6.23. The van der Waals surface area contributed by atoms with Crippen LogP contribution < -0.4 is 16.4 Å². The minimum absolute atomic E-state index is 0.00435. The maximum absolute atomic E-state index is 14.4. The fourth-order valence-electron chi connectivity index (χ4n) is 3.29. The van der Waals surface area contributed by atoms with Crippen LogP contribution in [0.3, 0.4) is 0 Å². The topological polar surface area (TPSA) is 140 Å². The van der Waals surface area contributed by atoms with Crippen molar-refractivity contribution in [1.82, 2.24) is 10.2 Å². The molecule has 1 aromatic carbocycles. The van der Waals surface area contributed by atoms with Gasteiger partial charge >= 0.3 is 0 Å². The van der Waals surface area contributed by atoms with Crippen LogP contribution in [0.2, 0.25) is 0 Å². The van der Waals surface area contributed by atoms with E-state index in [1.807, 2.05) is 0 Å². The van der Waals surface area contributed by atoms with Crippen LogP contribution in [-0.2, 0) is 19.1 Å². The van der Waals surface area contributed by atoms with Crippen LogP contribution >= 0.6 is 0 Å². The van der Waals surface area contributed by atoms with Gasteiger partial charge in [-0.25, -0.2) is 4.39 Å². The lowest BCUT2D eigenvalue weighted by Crippen LogP contribution is -2.54. The summed E-state index contributed by atoms with van der Waals surface area (Å²) in [6.07, 6.45) is 0.0539. The van der Waals surface area contributed by atoms with Crippen LogP contribution in [0.5, 0.6) is 0 Å². The number of carbonyl (C=O) groups excluding carboxylic acids is 4. The third kappa shape index (κ3) is 4.64. The zero-order chi connectivity index (χ0) is 21.7. The number of hydrogen-bond acceptors (Lipinski definition) is 8. The van der Waals surface area contributed by atoms with E-state index in [4.69, 9.17) is 15.2 Å². The Kier molecular flexibility index (Phi) is 7.08. The monoisotopic (exact) mass is 422 g/mol. The second-order valence-electron chi connectivity index (χ2n) is 6.77. The van der Waals surface area contributed by atoms with Crippen molar-refractivity contribution >= 4 is 29.3 Å². The van der Waals surface area contributed by atoms with Gasteiger partial charge in [-0.05, 0) is 18.6 Å². The van der Waals surface area contributed by atoms with Gasteiger partial charge in [0.1, 0.15) is 11.9 Å². The number of nitrogens with two attached hydrogens (primary N) is 1. The van der Waals surface area contributed by atoms with E-state index in [1.54, 1.807) is 0 Å². The van der Waals surface area contributed by atoms with Crippen molar-refractivity contribution in [1.29, 1.82) is 0 Å². The number of nitrogens with one attached hydrogen (secondary N) is 2. The molecule has 162 valence electrons. The maximum Gasteiger partial charge on any atom is 0.262 e. The summed E-state index contributed by atoms with van der Waals surface area (Å²) in [6.45, 7) is 2.19. The van der Waals surface area contributed by atoms with Crippen LogP contribution in [0, 0.1) is 5.82 Å². The molecule has 30 heavy (non-hydrogen) atoms. The summed E-state index contributed by atoms with van der Waals surface area (Å²) in [4.78, 5) is 49.5. The first-order chi connectivity index (χ1) is 14.4. The van der Waals surface area contributed by atoms with Crippen molar-refractivity contribution in [2.24, 2.45) is 5.73 Å². The van der Waals surface area contributed by atoms with Gasteiger partial charge in [0.25, 0.3) is 11.8 Å². The molecule has 0 aromatic heterocycles. The van der Waals surface area contributed by atoms with Gasteiger partial charge < -0.3 is 20.5 Å². The molecule has 1 saturated heterocycles. The van der Waals surface area contributed by atoms with Crippen molar-refractivity contribution in [2.45, 2.75) is 18.9 Å². The van der Waals surface area contributed by atoms with Gasteiger partial charge in [0.15, 0.2) is 0 Å². The van der Waals surface area contributed by atoms with Crippen molar-refractivity contribution in [2.75, 3.05) is 44.8 Å². The number of hydrogen-bond donors (Lipinski definition) is 3. The average Bonchev–Trinajstić information content (AvgIpc) is 2.94. The van der Waals surface area contributed by atoms with Crippen LogP contribution in [0.1, 0.15) is 33.6 Å². The van der Waals surface area contributed by atoms with Crippen LogP contribution in [0.4, 0.5) is 10.1 Å². The van der Waals surface area contributed by atoms with Gasteiger partial charge in [-0.2, -0.15) is 0 Å². The highest BCUT2D eigenvalue weighted by Crippen LogP contribution is 2.31. The Balaban J connectivity index is 1.61. The molecule has 4 amide bonds. The van der Waals surface area contributed by atoms with Gasteiger partial charge in [-0.3, -0.25) is 29.4 Å². The van der Waals surface area contributed by atoms with Crippen molar-refractivity contribution in [3.8, 4) is 0 Å². The molecule has 0 spiro atoms. The Bertz CT molecular complexity index is 862. The van der Waals surface area contributed by atoms with E-state index >= 15 is 0 Å². The molecule has 1 fully saturated rings. The molecule has 0 radical (unpaired) electrons. The number of halogens is 1. The molecule has 2 aliphatic heterocycles. The molecular formula is C19H23FN4O6. The summed E-state index contributed by atoms with van der Waals surface area (Å²) in [6, 6.07) is 1.14. The molecule has 1 aromatic rings. The first kappa shape index (κ1) is 21.8. The first-order valence-electron chi connectivity index (χ1n) is 9.58. The molecule has 10 nitrogen and oxygen atoms in total. The standard InChI is InChI=1S/C19H23FN4O6/c20-13-9-11-12(10-14(13)22-4-6-30-8-7-29-5-3-21)19(28)24(18(11)27)15-1-2-16(25)23-17(15)26/h9-10,15,22H,1-8,21H2,(H,23,25,26). The molecular weight excluding hydrogens is 399 g/mol. The molecule has 2 heterocycles. The fourth-order valence-corrected chi connectivity index (χ4v) is 3.29. The number of amides is 4. The fraction of sp³-hybridized carbons (Fsp3) is 0.474. The lowest BCUT2D eigenvalue weighted by atomic mass is 10.0. The molecule has 1 unspecified atom stereocenters. The number of benzene rings is 1. The molecule has 0 bridgehead atoms. The second-order valence-corrected chi connectivity index (χ2v) is 6.77. The Morgan fingerprint density at radius 1 is 1.07 bits per heavy atom. The third-order valence-electron chi connectivity index (χ3n) is 4.72. The number of nitrogens with zero attached hydrogens (tertiary/aromatic N) is 1. The molecule has 0 saturated carbocycles. The van der Waals surface area contributed by atoms with E-state index < -0.39 is 35.5 Å². The summed E-state index contributed by atoms with van der Waals surface area (Å²) in [5, 5.41) is 4.94. The van der Waals surface area contributed by atoms with E-state index in [-0.39, 0.29) is 42.8 Å². The van der Waals surface area contributed by atoms with E-state index in [1.165, 1.54) is 6.07 Å². The molecule has 0 aliphatic carbocycles. The number of rotatable bonds is 10. The van der Waals surface area contributed by atoms with Gasteiger partial charge in [-0.1, -0.05) is 0 Å². The minimum Gasteiger partial charge on any atom is -0.380 e. The number of fused-ring (bicyclic) bond motifs is 1. The van der Waals surface area contributed by atoms with Gasteiger partial charge in [0.2, 0.25) is 11.8 Å². The number of anilines is 1. The average molecular weight is 422 g/mol. The van der Waals surface area contributed by atoms with Crippen molar-refractivity contribution < 1.29 is 33.0 Å². The number of imide groups is 2. The largest absolute Gasteiger partial charge is 0.380 e. The highest BCUT2D eigenvalue weighted by atomic mass is 19.1. The van der Waals surface area contributed by atoms with E-state index in [0.29, 0.717) is 26.4 Å². The zero-order valence-corrected chi connectivity index (χ0v) is 16.2. The Morgan fingerprint density at radius 2 is 1.73 bits per heavy atom. The number of carbonyl (C=O) groups is 4. The van der Waals surface area contributed by atoms with E-state index in [0.717, 1.165) is 11.0 Å². The lowest BCUT2D eigenvalue weighted by Gasteiger charge is -2.27. The van der Waals surface area contributed by atoms with Gasteiger partial charge in [-0.15, -0.1) is 0 Å². The number of ether oxygens (including phenoxy) is 2. The van der Waals surface area contributed by atoms with E-state index in [9.17, 15) is 23.6 Å². The number of piperidine rings is 1. The predicted octanol–water partition coefficient (Wildman–Crippen LogP) is -0.369. The highest BCUT2D eigenvalue weighted by Gasteiger charge is 2.45. The molecule has 11 heteroatoms. The normalized spacial score (nSPS) is 18.6. The van der Waals surface area contributed by atoms with E-state index in [2.05, 4.69) is 10.6 Å². The first-order valence-corrected chi connectivity index (χ1v) is 9.58. The lowest BCUT2D eigenvalue weighted by molar-refractivity contribution is -0.136. The Labute approximate surface area is 171 Å². The zero-order valence-electron chi connectivity index (χ0n) is 16.2. The Morgan fingerprint density at radius 3 is 2.40 bits per heavy atom. The smallest absolute Gasteiger partial charge is 0.262 e. The summed E-state index contributed by atoms with van der Waals surface area (Å²) < 4.78 is 24.9. The minimum atomic E-state index is -1.09.